The maximum atomic E-state index is 11.8. The number of nitrogens with zero attached hydrogens (tertiary/aromatic N) is 2. The molecule has 0 spiro atoms. The number of benzene rings is 1. The lowest BCUT2D eigenvalue weighted by atomic mass is 9.93. The minimum Gasteiger partial charge on any atom is -0.386 e. The SMILES string of the molecule is Cc1noc2c1-c1sc(C)c(C)c1C(c1ccc(C(C)(C)O)cc1)=N[C@H]2CC(N)=O. The van der Waals surface area contributed by atoms with Crippen LogP contribution in [0.1, 0.15) is 64.9 Å². The topological polar surface area (TPSA) is 102 Å². The number of aliphatic hydroxyl groups is 1. The van der Waals surface area contributed by atoms with Crippen molar-refractivity contribution in [2.75, 3.05) is 0 Å². The number of carbonyl (C=O) groups excluding carboxylic acids is 1. The number of rotatable bonds is 4. The van der Waals surface area contributed by atoms with Gasteiger partial charge in [-0.1, -0.05) is 29.4 Å². The van der Waals surface area contributed by atoms with Crippen LogP contribution < -0.4 is 5.73 Å². The molecule has 1 aromatic carbocycles. The summed E-state index contributed by atoms with van der Waals surface area (Å²) in [4.78, 5) is 19.0. The molecule has 3 heterocycles. The summed E-state index contributed by atoms with van der Waals surface area (Å²) in [6.45, 7) is 9.59. The smallest absolute Gasteiger partial charge is 0.220 e. The number of amides is 1. The van der Waals surface area contributed by atoms with Gasteiger partial charge >= 0.3 is 0 Å². The highest BCUT2D eigenvalue weighted by molar-refractivity contribution is 7.16. The second-order valence-electron chi connectivity index (χ2n) is 8.29. The number of aryl methyl sites for hydroxylation is 2. The monoisotopic (exact) mass is 423 g/mol. The van der Waals surface area contributed by atoms with Crippen molar-refractivity contribution < 1.29 is 14.4 Å². The number of thiophene rings is 1. The van der Waals surface area contributed by atoms with E-state index < -0.39 is 17.6 Å². The number of hydrogen-bond acceptors (Lipinski definition) is 6. The van der Waals surface area contributed by atoms with Crippen molar-refractivity contribution >= 4 is 23.0 Å². The molecule has 1 aliphatic rings. The number of carbonyl (C=O) groups is 1. The summed E-state index contributed by atoms with van der Waals surface area (Å²) in [6.07, 6.45) is 0.0415. The van der Waals surface area contributed by atoms with Gasteiger partial charge in [-0.15, -0.1) is 11.3 Å². The number of nitrogens with two attached hydrogens (primary N) is 1. The Morgan fingerprint density at radius 1 is 1.20 bits per heavy atom. The summed E-state index contributed by atoms with van der Waals surface area (Å²) in [5, 5.41) is 14.5. The molecule has 2 aromatic heterocycles. The first-order valence-electron chi connectivity index (χ1n) is 9.84. The average Bonchev–Trinajstić information content (AvgIpc) is 3.13. The molecule has 1 atom stereocenters. The summed E-state index contributed by atoms with van der Waals surface area (Å²) in [5.41, 5.74) is 11.0. The van der Waals surface area contributed by atoms with Gasteiger partial charge in [0.2, 0.25) is 5.91 Å². The van der Waals surface area contributed by atoms with E-state index in [-0.39, 0.29) is 6.42 Å². The summed E-state index contributed by atoms with van der Waals surface area (Å²) >= 11 is 1.68. The van der Waals surface area contributed by atoms with E-state index in [0.717, 1.165) is 44.1 Å². The Balaban J connectivity index is 1.97. The van der Waals surface area contributed by atoms with Gasteiger partial charge in [0, 0.05) is 20.9 Å². The molecule has 0 aliphatic carbocycles. The van der Waals surface area contributed by atoms with Crippen molar-refractivity contribution in [3.63, 3.8) is 0 Å². The number of hydrogen-bond donors (Lipinski definition) is 2. The van der Waals surface area contributed by atoms with Crippen LogP contribution >= 0.6 is 11.3 Å². The summed E-state index contributed by atoms with van der Waals surface area (Å²) in [6, 6.07) is 7.19. The highest BCUT2D eigenvalue weighted by Crippen LogP contribution is 2.46. The number of aliphatic imine (C=N–C) groups is 1. The summed E-state index contributed by atoms with van der Waals surface area (Å²) in [5.74, 6) is 0.135. The average molecular weight is 424 g/mol. The zero-order valence-corrected chi connectivity index (χ0v) is 18.6. The fraction of sp³-hybridized carbons (Fsp3) is 0.348. The van der Waals surface area contributed by atoms with Gasteiger partial charge in [0.15, 0.2) is 5.76 Å². The van der Waals surface area contributed by atoms with E-state index in [2.05, 4.69) is 19.0 Å². The van der Waals surface area contributed by atoms with E-state index in [1.807, 2.05) is 31.2 Å². The zero-order valence-electron chi connectivity index (χ0n) is 17.7. The fourth-order valence-corrected chi connectivity index (χ4v) is 5.11. The second kappa shape index (κ2) is 7.18. The van der Waals surface area contributed by atoms with E-state index in [1.165, 1.54) is 4.88 Å². The summed E-state index contributed by atoms with van der Waals surface area (Å²) in [7, 11) is 0. The number of primary amides is 1. The first kappa shape index (κ1) is 20.5. The van der Waals surface area contributed by atoms with Crippen LogP contribution in [0, 0.1) is 20.8 Å². The van der Waals surface area contributed by atoms with Crippen molar-refractivity contribution in [1.82, 2.24) is 5.16 Å². The molecule has 1 aliphatic heterocycles. The van der Waals surface area contributed by atoms with Gasteiger partial charge in [-0.3, -0.25) is 9.79 Å². The molecule has 0 bridgehead atoms. The van der Waals surface area contributed by atoms with Crippen molar-refractivity contribution in [2.45, 2.75) is 52.7 Å². The van der Waals surface area contributed by atoms with Crippen LogP contribution in [0.4, 0.5) is 0 Å². The van der Waals surface area contributed by atoms with E-state index in [1.54, 1.807) is 25.2 Å². The molecular formula is C23H25N3O3S. The van der Waals surface area contributed by atoms with Crippen molar-refractivity contribution in [3.05, 3.63) is 62.9 Å². The molecule has 7 heteroatoms. The van der Waals surface area contributed by atoms with Gasteiger partial charge in [-0.05, 0) is 45.7 Å². The summed E-state index contributed by atoms with van der Waals surface area (Å²) < 4.78 is 5.64. The maximum Gasteiger partial charge on any atom is 0.220 e. The Kier molecular flexibility index (Phi) is 4.91. The fourth-order valence-electron chi connectivity index (χ4n) is 3.84. The zero-order chi connectivity index (χ0) is 21.8. The molecule has 0 saturated carbocycles. The third-order valence-corrected chi connectivity index (χ3v) is 6.81. The lowest BCUT2D eigenvalue weighted by Crippen LogP contribution is -2.16. The predicted molar refractivity (Wildman–Crippen MR) is 118 cm³/mol. The van der Waals surface area contributed by atoms with Gasteiger partial charge in [-0.2, -0.15) is 0 Å². The lowest BCUT2D eigenvalue weighted by molar-refractivity contribution is -0.118. The van der Waals surface area contributed by atoms with Crippen LogP contribution in [0.2, 0.25) is 0 Å². The minimum atomic E-state index is -0.928. The molecule has 3 N–H and O–H groups in total. The standard InChI is InChI=1S/C23H25N3O3S/c1-11-13(3)30-22-18(11)20(14-6-8-15(9-7-14)23(4,5)28)25-16(10-17(24)27)21-19(22)12(2)26-29-21/h6-9,16,28H,10H2,1-5H3,(H2,24,27)/t16-/m0/s1. The maximum absolute atomic E-state index is 11.8. The van der Waals surface area contributed by atoms with E-state index in [0.29, 0.717) is 5.76 Å². The first-order chi connectivity index (χ1) is 14.1. The highest BCUT2D eigenvalue weighted by atomic mass is 32.1. The molecule has 156 valence electrons. The van der Waals surface area contributed by atoms with E-state index in [4.69, 9.17) is 15.2 Å². The van der Waals surface area contributed by atoms with Gasteiger partial charge in [0.25, 0.3) is 0 Å². The third-order valence-electron chi connectivity index (χ3n) is 5.59. The van der Waals surface area contributed by atoms with Gasteiger partial charge in [0.1, 0.15) is 6.04 Å². The molecule has 6 nitrogen and oxygen atoms in total. The Morgan fingerprint density at radius 2 is 1.87 bits per heavy atom. The van der Waals surface area contributed by atoms with Gasteiger partial charge in [-0.25, -0.2) is 0 Å². The van der Waals surface area contributed by atoms with Crippen molar-refractivity contribution in [3.8, 4) is 10.4 Å². The van der Waals surface area contributed by atoms with Crippen LogP contribution in [-0.2, 0) is 10.4 Å². The molecule has 3 aromatic rings. The highest BCUT2D eigenvalue weighted by Gasteiger charge is 2.34. The third kappa shape index (κ3) is 3.38. The molecule has 1 amide bonds. The number of aromatic nitrogens is 1. The normalized spacial score (nSPS) is 15.9. The largest absolute Gasteiger partial charge is 0.386 e. The van der Waals surface area contributed by atoms with Crippen LogP contribution in [-0.4, -0.2) is 21.9 Å². The Bertz CT molecular complexity index is 1160. The van der Waals surface area contributed by atoms with Crippen LogP contribution in [0.15, 0.2) is 33.8 Å². The number of fused-ring (bicyclic) bond motifs is 3. The van der Waals surface area contributed by atoms with E-state index in [9.17, 15) is 9.90 Å². The molecule has 0 radical (unpaired) electrons. The predicted octanol–water partition coefficient (Wildman–Crippen LogP) is 4.32. The van der Waals surface area contributed by atoms with Crippen LogP contribution in [0.3, 0.4) is 0 Å². The van der Waals surface area contributed by atoms with E-state index >= 15 is 0 Å². The Morgan fingerprint density at radius 3 is 2.47 bits per heavy atom. The van der Waals surface area contributed by atoms with Crippen molar-refractivity contribution in [1.29, 1.82) is 0 Å². The Labute approximate surface area is 179 Å². The molecule has 0 unspecified atom stereocenters. The van der Waals surface area contributed by atoms with Crippen molar-refractivity contribution in [2.24, 2.45) is 10.7 Å². The molecular weight excluding hydrogens is 398 g/mol. The Hall–Kier alpha value is -2.77. The quantitative estimate of drug-likeness (QED) is 0.652. The molecule has 30 heavy (non-hydrogen) atoms. The molecule has 4 rings (SSSR count). The molecule has 0 fully saturated rings. The van der Waals surface area contributed by atoms with Gasteiger partial charge < -0.3 is 15.4 Å². The lowest BCUT2D eigenvalue weighted by Gasteiger charge is -2.18. The van der Waals surface area contributed by atoms with Crippen LogP contribution in [0.25, 0.3) is 10.4 Å². The van der Waals surface area contributed by atoms with Crippen LogP contribution in [0.5, 0.6) is 0 Å². The second-order valence-corrected chi connectivity index (χ2v) is 9.52. The minimum absolute atomic E-state index is 0.0415. The van der Waals surface area contributed by atoms with Gasteiger partial charge in [0.05, 0.1) is 29.0 Å². The molecule has 0 saturated heterocycles. The first-order valence-corrected chi connectivity index (χ1v) is 10.7.